The lowest BCUT2D eigenvalue weighted by Crippen LogP contribution is -2.12. The van der Waals surface area contributed by atoms with Gasteiger partial charge in [-0.15, -0.1) is 0 Å². The van der Waals surface area contributed by atoms with E-state index in [1.807, 2.05) is 13.0 Å². The molecule has 1 atom stereocenters. The van der Waals surface area contributed by atoms with E-state index in [0.717, 1.165) is 17.0 Å². The summed E-state index contributed by atoms with van der Waals surface area (Å²) in [4.78, 5) is 4.17. The van der Waals surface area contributed by atoms with E-state index < -0.39 is 0 Å². The van der Waals surface area contributed by atoms with Gasteiger partial charge in [0.05, 0.1) is 0 Å². The molecule has 0 radical (unpaired) electrons. The maximum Gasteiger partial charge on any atom is 0.134 e. The van der Waals surface area contributed by atoms with Crippen LogP contribution in [0, 0.1) is 6.92 Å². The average molecular weight is 265 g/mol. The Labute approximate surface area is 105 Å². The van der Waals surface area contributed by atoms with Gasteiger partial charge in [-0.1, -0.05) is 30.1 Å². The van der Waals surface area contributed by atoms with Gasteiger partial charge >= 0.3 is 0 Å². The molecule has 1 unspecified atom stereocenters. The number of nitrogens with zero attached hydrogens (tertiary/aromatic N) is 1. The summed E-state index contributed by atoms with van der Waals surface area (Å²) in [6, 6.07) is 1.83. The van der Waals surface area contributed by atoms with E-state index in [9.17, 15) is 0 Å². The summed E-state index contributed by atoms with van der Waals surface area (Å²) in [5, 5.41) is 1.58. The van der Waals surface area contributed by atoms with Crippen LogP contribution in [0.2, 0.25) is 10.2 Å². The summed E-state index contributed by atoms with van der Waals surface area (Å²) >= 11 is 13.8. The summed E-state index contributed by atoms with van der Waals surface area (Å²) < 4.78 is 0. The normalized spacial score (nSPS) is 12.9. The Balaban J connectivity index is 2.77. The van der Waals surface area contributed by atoms with Gasteiger partial charge in [-0.3, -0.25) is 0 Å². The third-order valence-corrected chi connectivity index (χ3v) is 3.86. The summed E-state index contributed by atoms with van der Waals surface area (Å²) in [5.74, 6) is 0.753. The highest BCUT2D eigenvalue weighted by Crippen LogP contribution is 2.29. The highest BCUT2D eigenvalue weighted by atomic mass is 35.5. The number of hydrogen-bond acceptors (Lipinski definition) is 3. The fourth-order valence-electron chi connectivity index (χ4n) is 1.05. The zero-order chi connectivity index (χ0) is 11.4. The van der Waals surface area contributed by atoms with Crippen molar-refractivity contribution in [2.75, 3.05) is 6.54 Å². The van der Waals surface area contributed by atoms with Crippen molar-refractivity contribution in [3.05, 3.63) is 27.5 Å². The number of nitrogens with two attached hydrogens (primary N) is 1. The van der Waals surface area contributed by atoms with Crippen molar-refractivity contribution in [1.29, 1.82) is 0 Å². The van der Waals surface area contributed by atoms with Crippen molar-refractivity contribution >= 4 is 35.0 Å². The molecule has 0 amide bonds. The van der Waals surface area contributed by atoms with Crippen LogP contribution in [0.1, 0.15) is 18.2 Å². The Morgan fingerprint density at radius 1 is 1.53 bits per heavy atom. The van der Waals surface area contributed by atoms with E-state index in [0.29, 0.717) is 22.0 Å². The zero-order valence-corrected chi connectivity index (χ0v) is 11.1. The summed E-state index contributed by atoms with van der Waals surface area (Å²) in [7, 11) is 0. The number of hydrogen-bond donors (Lipinski definition) is 1. The summed E-state index contributed by atoms with van der Waals surface area (Å²) in [5.41, 5.74) is 7.27. The fraction of sp³-hybridized carbons (Fsp3) is 0.500. The quantitative estimate of drug-likeness (QED) is 0.849. The van der Waals surface area contributed by atoms with Gasteiger partial charge in [0.15, 0.2) is 0 Å². The monoisotopic (exact) mass is 264 g/mol. The number of aryl methyl sites for hydroxylation is 1. The molecule has 5 heteroatoms. The van der Waals surface area contributed by atoms with Gasteiger partial charge in [0.25, 0.3) is 0 Å². The Morgan fingerprint density at radius 2 is 2.20 bits per heavy atom. The van der Waals surface area contributed by atoms with E-state index in [4.69, 9.17) is 28.9 Å². The molecule has 1 aromatic heterocycles. The molecule has 15 heavy (non-hydrogen) atoms. The van der Waals surface area contributed by atoms with Crippen molar-refractivity contribution in [2.45, 2.75) is 24.9 Å². The SMILES string of the molecule is Cc1cc(Cl)c(CSC(C)CN)c(Cl)n1. The van der Waals surface area contributed by atoms with Crippen molar-refractivity contribution in [3.63, 3.8) is 0 Å². The smallest absolute Gasteiger partial charge is 0.134 e. The van der Waals surface area contributed by atoms with Gasteiger partial charge in [0, 0.05) is 33.8 Å². The van der Waals surface area contributed by atoms with E-state index >= 15 is 0 Å². The second-order valence-corrected chi connectivity index (χ2v) is 5.56. The molecular weight excluding hydrogens is 251 g/mol. The molecule has 1 rings (SSSR count). The molecule has 0 aliphatic rings. The first-order valence-corrected chi connectivity index (χ1v) is 6.48. The Bertz CT molecular complexity index is 321. The lowest BCUT2D eigenvalue weighted by molar-refractivity contribution is 0.950. The molecule has 0 aliphatic heterocycles. The van der Waals surface area contributed by atoms with E-state index in [1.165, 1.54) is 0 Å². The molecule has 0 saturated carbocycles. The van der Waals surface area contributed by atoms with Crippen LogP contribution in [0.4, 0.5) is 0 Å². The second-order valence-electron chi connectivity index (χ2n) is 3.37. The molecule has 2 nitrogen and oxygen atoms in total. The van der Waals surface area contributed by atoms with Crippen molar-refractivity contribution in [2.24, 2.45) is 5.73 Å². The Hall–Kier alpha value is 0.0400. The van der Waals surface area contributed by atoms with Gasteiger partial charge in [0.2, 0.25) is 0 Å². The van der Waals surface area contributed by atoms with Crippen LogP contribution in [0.15, 0.2) is 6.07 Å². The number of halogens is 2. The van der Waals surface area contributed by atoms with Gasteiger partial charge in [-0.2, -0.15) is 11.8 Å². The van der Waals surface area contributed by atoms with Crippen LogP contribution in [0.25, 0.3) is 0 Å². The first-order chi connectivity index (χ1) is 7.04. The van der Waals surface area contributed by atoms with Crippen LogP contribution >= 0.6 is 35.0 Å². The van der Waals surface area contributed by atoms with Crippen molar-refractivity contribution in [3.8, 4) is 0 Å². The molecule has 84 valence electrons. The van der Waals surface area contributed by atoms with E-state index in [-0.39, 0.29) is 0 Å². The highest BCUT2D eigenvalue weighted by molar-refractivity contribution is 7.99. The molecule has 0 saturated heterocycles. The van der Waals surface area contributed by atoms with Gasteiger partial charge in [-0.25, -0.2) is 4.98 Å². The minimum atomic E-state index is 0.401. The minimum absolute atomic E-state index is 0.401. The molecule has 0 aromatic carbocycles. The minimum Gasteiger partial charge on any atom is -0.329 e. The number of thioether (sulfide) groups is 1. The standard InChI is InChI=1S/C10H14Cl2N2S/c1-6-3-9(11)8(10(12)14-6)5-15-7(2)4-13/h3,7H,4-5,13H2,1-2H3. The van der Waals surface area contributed by atoms with Crippen molar-refractivity contribution < 1.29 is 0 Å². The summed E-state index contributed by atoms with van der Waals surface area (Å²) in [6.07, 6.45) is 0. The lowest BCUT2D eigenvalue weighted by atomic mass is 10.3. The maximum atomic E-state index is 6.09. The third kappa shape index (κ3) is 3.83. The average Bonchev–Trinajstić information content (AvgIpc) is 2.15. The Morgan fingerprint density at radius 3 is 2.73 bits per heavy atom. The molecule has 0 spiro atoms. The molecule has 0 fully saturated rings. The first-order valence-electron chi connectivity index (χ1n) is 4.67. The number of pyridine rings is 1. The Kier molecular flexibility index (Phi) is 5.19. The molecular formula is C10H14Cl2N2S. The number of rotatable bonds is 4. The topological polar surface area (TPSA) is 38.9 Å². The second kappa shape index (κ2) is 5.94. The van der Waals surface area contributed by atoms with Crippen LogP contribution in [-0.2, 0) is 5.75 Å². The molecule has 1 aromatic rings. The van der Waals surface area contributed by atoms with Crippen LogP contribution in [-0.4, -0.2) is 16.8 Å². The maximum absolute atomic E-state index is 6.09. The van der Waals surface area contributed by atoms with E-state index in [2.05, 4.69) is 11.9 Å². The molecule has 0 bridgehead atoms. The molecule has 2 N–H and O–H groups in total. The molecule has 0 aliphatic carbocycles. The lowest BCUT2D eigenvalue weighted by Gasteiger charge is -2.10. The van der Waals surface area contributed by atoms with Crippen LogP contribution in [0.5, 0.6) is 0 Å². The summed E-state index contributed by atoms with van der Waals surface area (Å²) in [6.45, 7) is 4.60. The number of aromatic nitrogens is 1. The van der Waals surface area contributed by atoms with Crippen LogP contribution < -0.4 is 5.73 Å². The first kappa shape index (κ1) is 13.1. The third-order valence-electron chi connectivity index (χ3n) is 1.99. The van der Waals surface area contributed by atoms with Crippen molar-refractivity contribution in [1.82, 2.24) is 4.98 Å². The zero-order valence-electron chi connectivity index (χ0n) is 8.76. The van der Waals surface area contributed by atoms with Crippen LogP contribution in [0.3, 0.4) is 0 Å². The predicted octanol–water partition coefficient (Wildman–Crippen LogP) is 3.28. The van der Waals surface area contributed by atoms with Gasteiger partial charge < -0.3 is 5.73 Å². The fourth-order valence-corrected chi connectivity index (χ4v) is 2.75. The molecule has 1 heterocycles. The van der Waals surface area contributed by atoms with E-state index in [1.54, 1.807) is 11.8 Å². The predicted molar refractivity (Wildman–Crippen MR) is 68.8 cm³/mol. The van der Waals surface area contributed by atoms with Gasteiger partial charge in [0.1, 0.15) is 5.15 Å². The highest BCUT2D eigenvalue weighted by Gasteiger charge is 2.10. The largest absolute Gasteiger partial charge is 0.329 e. The van der Waals surface area contributed by atoms with Gasteiger partial charge in [-0.05, 0) is 13.0 Å².